The second-order valence-corrected chi connectivity index (χ2v) is 12.3. The van der Waals surface area contributed by atoms with Crippen LogP contribution in [0.3, 0.4) is 0 Å². The van der Waals surface area contributed by atoms with Crippen molar-refractivity contribution in [1.29, 1.82) is 0 Å². The number of aryl methyl sites for hydroxylation is 3. The molecule has 3 aromatic carbocycles. The van der Waals surface area contributed by atoms with Gasteiger partial charge in [-0.1, -0.05) is 54.6 Å². The molecule has 6 heteroatoms. The zero-order valence-electron chi connectivity index (χ0n) is 17.7. The van der Waals surface area contributed by atoms with Crippen molar-refractivity contribution in [3.63, 3.8) is 0 Å². The fourth-order valence-corrected chi connectivity index (χ4v) is 9.73. The van der Waals surface area contributed by atoms with Crippen LogP contribution in [0.5, 0.6) is 0 Å². The molecule has 0 aliphatic heterocycles. The molecule has 0 atom stereocenters. The van der Waals surface area contributed by atoms with Gasteiger partial charge in [0, 0.05) is 6.42 Å². The minimum Gasteiger partial charge on any atom is -0.303 e. The number of phosphoric acid groups is 1. The highest BCUT2D eigenvalue weighted by Gasteiger charge is 2.47. The van der Waals surface area contributed by atoms with Gasteiger partial charge in [0.25, 0.3) is 0 Å². The van der Waals surface area contributed by atoms with Crippen LogP contribution in [0, 0.1) is 20.8 Å². The van der Waals surface area contributed by atoms with Crippen LogP contribution in [0.2, 0.25) is 0 Å². The first-order valence-electron chi connectivity index (χ1n) is 10.0. The van der Waals surface area contributed by atoms with E-state index in [1.807, 2.05) is 0 Å². The molecule has 30 heavy (non-hydrogen) atoms. The topological polar surface area (TPSA) is 66.8 Å². The van der Waals surface area contributed by atoms with Crippen LogP contribution in [0.4, 0.5) is 0 Å². The summed E-state index contributed by atoms with van der Waals surface area (Å²) in [7, 11) is -6.56. The van der Waals surface area contributed by atoms with Gasteiger partial charge in [-0.2, -0.15) is 0 Å². The number of hydrogen-bond donors (Lipinski definition) is 2. The Bertz CT molecular complexity index is 947. The second-order valence-electron chi connectivity index (χ2n) is 7.57. The number of rotatable bonds is 8. The van der Waals surface area contributed by atoms with Crippen LogP contribution in [0.1, 0.15) is 23.1 Å². The molecule has 2 N–H and O–H groups in total. The molecule has 0 fully saturated rings. The molecule has 0 saturated heterocycles. The maximum Gasteiger partial charge on any atom is 0.469 e. The third-order valence-electron chi connectivity index (χ3n) is 5.48. The summed E-state index contributed by atoms with van der Waals surface area (Å²) in [5.74, 6) is 0. The van der Waals surface area contributed by atoms with Gasteiger partial charge in [-0.15, -0.1) is 0 Å². The zero-order chi connectivity index (χ0) is 21.8. The Morgan fingerprint density at radius 3 is 1.43 bits per heavy atom. The average molecular weight is 443 g/mol. The molecule has 4 nitrogen and oxygen atoms in total. The van der Waals surface area contributed by atoms with Crippen molar-refractivity contribution in [2.75, 3.05) is 12.8 Å². The lowest BCUT2D eigenvalue weighted by atomic mass is 10.2. The lowest BCUT2D eigenvalue weighted by molar-refractivity contribution is 0.198. The Balaban J connectivity index is 2.24. The molecule has 0 aliphatic carbocycles. The van der Waals surface area contributed by atoms with Crippen LogP contribution in [-0.2, 0) is 9.09 Å². The molecule has 3 aromatic rings. The van der Waals surface area contributed by atoms with Crippen molar-refractivity contribution >= 4 is 31.0 Å². The summed E-state index contributed by atoms with van der Waals surface area (Å²) in [6, 6.07) is 25.5. The van der Waals surface area contributed by atoms with Crippen molar-refractivity contribution in [1.82, 2.24) is 0 Å². The summed E-state index contributed by atoms with van der Waals surface area (Å²) in [6.45, 7) is 6.46. The minimum absolute atomic E-state index is 0.0235. The predicted octanol–water partition coefficient (Wildman–Crippen LogP) is 4.41. The first-order valence-corrected chi connectivity index (χ1v) is 13.5. The smallest absolute Gasteiger partial charge is 0.303 e. The maximum atomic E-state index is 11.2. The molecule has 0 radical (unpaired) electrons. The van der Waals surface area contributed by atoms with E-state index in [9.17, 15) is 4.57 Å². The van der Waals surface area contributed by atoms with Crippen molar-refractivity contribution in [2.45, 2.75) is 27.2 Å². The van der Waals surface area contributed by atoms with Crippen molar-refractivity contribution in [3.8, 4) is 0 Å². The third-order valence-corrected chi connectivity index (χ3v) is 11.0. The Kier molecular flexibility index (Phi) is 7.29. The second kappa shape index (κ2) is 9.56. The molecule has 0 saturated carbocycles. The van der Waals surface area contributed by atoms with E-state index in [4.69, 9.17) is 14.3 Å². The quantitative estimate of drug-likeness (QED) is 0.400. The van der Waals surface area contributed by atoms with Gasteiger partial charge in [-0.05, 0) is 55.7 Å². The lowest BCUT2D eigenvalue weighted by Crippen LogP contribution is -2.37. The highest BCUT2D eigenvalue weighted by atomic mass is 31.2. The Hall–Kier alpha value is -1.80. The molecular weight excluding hydrogens is 414 g/mol. The maximum absolute atomic E-state index is 11.2. The Morgan fingerprint density at radius 2 is 1.10 bits per heavy atom. The summed E-state index contributed by atoms with van der Waals surface area (Å²) >= 11 is 0. The summed E-state index contributed by atoms with van der Waals surface area (Å²) in [5, 5.41) is 3.93. The van der Waals surface area contributed by atoms with Gasteiger partial charge in [0.15, 0.2) is 0 Å². The summed E-state index contributed by atoms with van der Waals surface area (Å²) in [4.78, 5) is 18.3. The first-order chi connectivity index (χ1) is 14.3. The van der Waals surface area contributed by atoms with E-state index >= 15 is 0 Å². The number of hydrogen-bond acceptors (Lipinski definition) is 2. The summed E-state index contributed by atoms with van der Waals surface area (Å²) < 4.78 is 16.0. The van der Waals surface area contributed by atoms with Crippen molar-refractivity contribution in [3.05, 3.63) is 89.5 Å². The minimum atomic E-state index is -4.48. The molecular formula is C24H29O4P2+. The molecule has 0 aromatic heterocycles. The third kappa shape index (κ3) is 4.91. The van der Waals surface area contributed by atoms with E-state index in [2.05, 4.69) is 93.6 Å². The highest BCUT2D eigenvalue weighted by Crippen LogP contribution is 2.58. The molecule has 0 bridgehead atoms. The standard InChI is InChI=1S/C24H28O4P2/c1-19-11-4-7-14-22(19)29(18-10-17-28-30(25,26)27,23-15-8-5-12-20(23)2)24-16-9-6-13-21(24)3/h4-9,11-16H,10,17-18H2,1-3H3,(H-,25,26,27)/p+1. The molecule has 0 spiro atoms. The zero-order valence-corrected chi connectivity index (χ0v) is 19.4. The number of benzene rings is 3. The van der Waals surface area contributed by atoms with Crippen LogP contribution in [0.15, 0.2) is 72.8 Å². The van der Waals surface area contributed by atoms with E-state index in [1.165, 1.54) is 32.6 Å². The van der Waals surface area contributed by atoms with Crippen molar-refractivity contribution < 1.29 is 18.9 Å². The molecule has 0 heterocycles. The van der Waals surface area contributed by atoms with E-state index in [0.717, 1.165) is 6.16 Å². The summed E-state index contributed by atoms with van der Waals surface area (Å²) in [6.07, 6.45) is 1.32. The molecule has 0 amide bonds. The van der Waals surface area contributed by atoms with Gasteiger partial charge in [0.05, 0.1) is 12.8 Å². The number of phosphoric ester groups is 1. The van der Waals surface area contributed by atoms with Crippen LogP contribution >= 0.6 is 15.1 Å². The predicted molar refractivity (Wildman–Crippen MR) is 127 cm³/mol. The molecule has 0 aliphatic rings. The molecule has 0 unspecified atom stereocenters. The lowest BCUT2D eigenvalue weighted by Gasteiger charge is -2.31. The van der Waals surface area contributed by atoms with Gasteiger partial charge < -0.3 is 9.79 Å². The van der Waals surface area contributed by atoms with Gasteiger partial charge in [0.1, 0.15) is 23.2 Å². The van der Waals surface area contributed by atoms with E-state index in [-0.39, 0.29) is 6.61 Å². The van der Waals surface area contributed by atoms with Gasteiger partial charge in [-0.25, -0.2) is 4.57 Å². The summed E-state index contributed by atoms with van der Waals surface area (Å²) in [5.41, 5.74) is 3.69. The Labute approximate surface area is 179 Å². The van der Waals surface area contributed by atoms with Gasteiger partial charge in [-0.3, -0.25) is 4.52 Å². The first kappa shape index (κ1) is 22.9. The van der Waals surface area contributed by atoms with E-state index in [0.29, 0.717) is 6.42 Å². The average Bonchev–Trinajstić information content (AvgIpc) is 2.70. The normalized spacial score (nSPS) is 12.2. The van der Waals surface area contributed by atoms with Crippen LogP contribution in [-0.4, -0.2) is 22.6 Å². The fraction of sp³-hybridized carbons (Fsp3) is 0.250. The van der Waals surface area contributed by atoms with Gasteiger partial charge in [0.2, 0.25) is 0 Å². The fourth-order valence-electron chi connectivity index (χ4n) is 4.21. The largest absolute Gasteiger partial charge is 0.469 e. The van der Waals surface area contributed by atoms with Crippen LogP contribution in [0.25, 0.3) is 0 Å². The Morgan fingerprint density at radius 1 is 0.733 bits per heavy atom. The van der Waals surface area contributed by atoms with Gasteiger partial charge >= 0.3 is 7.82 Å². The van der Waals surface area contributed by atoms with E-state index in [1.54, 1.807) is 0 Å². The van der Waals surface area contributed by atoms with Crippen LogP contribution < -0.4 is 15.9 Å². The molecule has 3 rings (SSSR count). The highest BCUT2D eigenvalue weighted by molar-refractivity contribution is 7.96. The van der Waals surface area contributed by atoms with E-state index < -0.39 is 15.1 Å². The van der Waals surface area contributed by atoms with Crippen molar-refractivity contribution in [2.24, 2.45) is 0 Å². The molecule has 158 valence electrons. The monoisotopic (exact) mass is 443 g/mol. The SMILES string of the molecule is Cc1ccccc1[P+](CCCOP(=O)(O)O)(c1ccccc1C)c1ccccc1C.